The summed E-state index contributed by atoms with van der Waals surface area (Å²) in [7, 11) is 1.09. The van der Waals surface area contributed by atoms with Gasteiger partial charge in [0.1, 0.15) is 0 Å². The number of carbonyl (C=O) groups is 3. The number of carboxylic acid groups (broad SMARTS) is 1. The van der Waals surface area contributed by atoms with E-state index in [9.17, 15) is 19.5 Å². The number of rotatable bonds is 5. The number of nitrogens with zero attached hydrogens (tertiary/aromatic N) is 1. The molecule has 4 N–H and O–H groups in total. The molecule has 0 radical (unpaired) electrons. The van der Waals surface area contributed by atoms with Gasteiger partial charge in [0, 0.05) is 0 Å². The molecule has 0 aliphatic rings. The largest absolute Gasteiger partial charge is 0.477 e. The molecule has 1 atom stereocenters. The van der Waals surface area contributed by atoms with Gasteiger partial charge in [0.2, 0.25) is 0 Å². The van der Waals surface area contributed by atoms with Gasteiger partial charge in [-0.05, 0) is 0 Å². The minimum Gasteiger partial charge on any atom is -0.477 e. The van der Waals surface area contributed by atoms with E-state index in [0.29, 0.717) is 0 Å². The number of hydrogen-bond donors (Lipinski definition) is 4. The number of H-pyrrole nitrogens is 1. The summed E-state index contributed by atoms with van der Waals surface area (Å²) >= 11 is 0. The number of esters is 1. The lowest BCUT2D eigenvalue weighted by Gasteiger charge is -2.08. The fraction of sp³-hybridized carbons (Fsp3) is 0.333. The maximum atomic E-state index is 11.5. The molecule has 1 heterocycles. The van der Waals surface area contributed by atoms with Crippen LogP contribution >= 0.6 is 0 Å². The van der Waals surface area contributed by atoms with Crippen LogP contribution in [-0.2, 0) is 9.53 Å². The average Bonchev–Trinajstić information content (AvgIpc) is 2.83. The third-order valence-corrected chi connectivity index (χ3v) is 2.00. The Morgan fingerprint density at radius 3 is 2.78 bits per heavy atom. The maximum Gasteiger partial charge on any atom is 0.354 e. The van der Waals surface area contributed by atoms with Gasteiger partial charge in [-0.25, -0.2) is 14.6 Å². The molecule has 0 saturated carbocycles. The zero-order chi connectivity index (χ0) is 13.7. The smallest absolute Gasteiger partial charge is 0.354 e. The normalized spacial score (nSPS) is 11.7. The molecule has 0 saturated heterocycles. The average molecular weight is 257 g/mol. The molecule has 1 rings (SSSR count). The van der Waals surface area contributed by atoms with E-state index in [4.69, 9.17) is 5.11 Å². The predicted molar refractivity (Wildman–Crippen MR) is 55.9 cm³/mol. The van der Waals surface area contributed by atoms with Gasteiger partial charge in [-0.1, -0.05) is 0 Å². The van der Waals surface area contributed by atoms with E-state index in [2.05, 4.69) is 20.0 Å². The molecular formula is C9H11N3O6. The third kappa shape index (κ3) is 3.04. The number of imidazole rings is 1. The van der Waals surface area contributed by atoms with E-state index in [1.54, 1.807) is 0 Å². The molecule has 9 heteroatoms. The Hall–Kier alpha value is -2.42. The van der Waals surface area contributed by atoms with E-state index in [0.717, 1.165) is 13.4 Å². The second-order valence-corrected chi connectivity index (χ2v) is 3.18. The number of amides is 1. The summed E-state index contributed by atoms with van der Waals surface area (Å²) in [4.78, 5) is 38.9. The number of hydrogen-bond acceptors (Lipinski definition) is 6. The Morgan fingerprint density at radius 2 is 2.22 bits per heavy atom. The molecule has 18 heavy (non-hydrogen) atoms. The number of ether oxygens (including phenoxy) is 1. The van der Waals surface area contributed by atoms with Crippen molar-refractivity contribution in [1.82, 2.24) is 15.3 Å². The monoisotopic (exact) mass is 257 g/mol. The number of carboxylic acids is 1. The molecule has 0 aliphatic heterocycles. The van der Waals surface area contributed by atoms with Crippen LogP contribution in [0.2, 0.25) is 0 Å². The van der Waals surface area contributed by atoms with Crippen LogP contribution in [0.3, 0.4) is 0 Å². The summed E-state index contributed by atoms with van der Waals surface area (Å²) in [5, 5.41) is 20.1. The van der Waals surface area contributed by atoms with Gasteiger partial charge < -0.3 is 25.3 Å². The topological polar surface area (TPSA) is 142 Å². The number of methoxy groups -OCH3 is 1. The quantitative estimate of drug-likeness (QED) is 0.464. The first-order chi connectivity index (χ1) is 8.47. The Balaban J connectivity index is 2.63. The van der Waals surface area contributed by atoms with Gasteiger partial charge in [-0.15, -0.1) is 0 Å². The molecule has 0 aromatic carbocycles. The van der Waals surface area contributed by atoms with Crippen LogP contribution in [-0.4, -0.2) is 57.8 Å². The Labute approximate surface area is 101 Å². The van der Waals surface area contributed by atoms with Gasteiger partial charge in [0.05, 0.1) is 20.0 Å². The molecule has 98 valence electrons. The fourth-order valence-corrected chi connectivity index (χ4v) is 1.12. The highest BCUT2D eigenvalue weighted by atomic mass is 16.5. The molecule has 0 bridgehead atoms. The molecule has 1 amide bonds. The number of aromatic nitrogens is 2. The highest BCUT2D eigenvalue weighted by molar-refractivity contribution is 6.02. The molecule has 1 unspecified atom stereocenters. The van der Waals surface area contributed by atoms with Crippen molar-refractivity contribution < 1.29 is 29.3 Å². The zero-order valence-electron chi connectivity index (χ0n) is 9.34. The van der Waals surface area contributed by atoms with Gasteiger partial charge in [0.25, 0.3) is 5.91 Å². The first-order valence-electron chi connectivity index (χ1n) is 4.78. The van der Waals surface area contributed by atoms with Gasteiger partial charge in [-0.3, -0.25) is 4.79 Å². The van der Waals surface area contributed by atoms with Crippen molar-refractivity contribution in [3.05, 3.63) is 17.7 Å². The molecule has 0 spiro atoms. The van der Waals surface area contributed by atoms with E-state index >= 15 is 0 Å². The number of aromatic amines is 1. The Morgan fingerprint density at radius 1 is 1.56 bits per heavy atom. The summed E-state index contributed by atoms with van der Waals surface area (Å²) in [5.41, 5.74) is -0.709. The molecule has 1 aromatic rings. The van der Waals surface area contributed by atoms with Crippen molar-refractivity contribution in [2.24, 2.45) is 0 Å². The maximum absolute atomic E-state index is 11.5. The number of aliphatic hydroxyl groups is 1. The number of aliphatic hydroxyl groups excluding tert-OH is 1. The van der Waals surface area contributed by atoms with Crippen LogP contribution in [0.4, 0.5) is 0 Å². The summed E-state index contributed by atoms with van der Waals surface area (Å²) in [6.45, 7) is -0.405. The van der Waals surface area contributed by atoms with Crippen molar-refractivity contribution in [3.8, 4) is 0 Å². The number of aromatic carboxylic acids is 1. The molecule has 0 aliphatic carbocycles. The molecule has 0 fully saturated rings. The van der Waals surface area contributed by atoms with Crippen LogP contribution in [0, 0.1) is 0 Å². The number of carbonyl (C=O) groups excluding carboxylic acids is 2. The van der Waals surface area contributed by atoms with Crippen LogP contribution in [0.15, 0.2) is 6.33 Å². The van der Waals surface area contributed by atoms with Crippen molar-refractivity contribution in [1.29, 1.82) is 0 Å². The lowest BCUT2D eigenvalue weighted by Crippen LogP contribution is -2.37. The van der Waals surface area contributed by atoms with Crippen molar-refractivity contribution in [2.75, 3.05) is 13.7 Å². The first kappa shape index (κ1) is 13.6. The van der Waals surface area contributed by atoms with Crippen LogP contribution in [0.25, 0.3) is 0 Å². The summed E-state index contributed by atoms with van der Waals surface area (Å²) in [5.74, 6) is -3.07. The fourth-order valence-electron chi connectivity index (χ4n) is 1.12. The standard InChI is InChI=1S/C9H11N3O6/c1-18-9(17)4(13)2-10-7(14)5-6(8(15)16)12-3-11-5/h3-4,13H,2H2,1H3,(H,10,14)(H,11,12)(H,15,16). The van der Waals surface area contributed by atoms with Crippen LogP contribution < -0.4 is 5.32 Å². The van der Waals surface area contributed by atoms with Crippen LogP contribution in [0.5, 0.6) is 0 Å². The second kappa shape index (κ2) is 5.77. The Kier molecular flexibility index (Phi) is 4.38. The summed E-state index contributed by atoms with van der Waals surface area (Å²) in [6.07, 6.45) is -0.471. The minimum atomic E-state index is -1.52. The lowest BCUT2D eigenvalue weighted by atomic mass is 10.3. The van der Waals surface area contributed by atoms with Gasteiger partial charge in [0.15, 0.2) is 17.5 Å². The van der Waals surface area contributed by atoms with Crippen molar-refractivity contribution in [3.63, 3.8) is 0 Å². The minimum absolute atomic E-state index is 0.334. The first-order valence-corrected chi connectivity index (χ1v) is 4.78. The summed E-state index contributed by atoms with van der Waals surface area (Å²) < 4.78 is 4.24. The van der Waals surface area contributed by atoms with Gasteiger partial charge in [-0.2, -0.15) is 0 Å². The zero-order valence-corrected chi connectivity index (χ0v) is 9.34. The lowest BCUT2D eigenvalue weighted by molar-refractivity contribution is -0.149. The van der Waals surface area contributed by atoms with Crippen LogP contribution in [0.1, 0.15) is 21.0 Å². The molecular weight excluding hydrogens is 246 g/mol. The van der Waals surface area contributed by atoms with Crippen molar-refractivity contribution in [2.45, 2.75) is 6.10 Å². The third-order valence-electron chi connectivity index (χ3n) is 2.00. The SMILES string of the molecule is COC(=O)C(O)CNC(=O)c1nc[nH]c1C(=O)O. The van der Waals surface area contributed by atoms with E-state index in [-0.39, 0.29) is 11.4 Å². The van der Waals surface area contributed by atoms with Gasteiger partial charge >= 0.3 is 11.9 Å². The Bertz CT molecular complexity index is 469. The number of nitrogens with one attached hydrogen (secondary N) is 2. The second-order valence-electron chi connectivity index (χ2n) is 3.18. The summed E-state index contributed by atoms with van der Waals surface area (Å²) in [6, 6.07) is 0. The van der Waals surface area contributed by atoms with E-state index in [1.165, 1.54) is 0 Å². The highest BCUT2D eigenvalue weighted by Gasteiger charge is 2.22. The highest BCUT2D eigenvalue weighted by Crippen LogP contribution is 2.02. The molecule has 1 aromatic heterocycles. The molecule has 9 nitrogen and oxygen atoms in total. The predicted octanol–water partition coefficient (Wildman–Crippen LogP) is -1.63. The van der Waals surface area contributed by atoms with E-state index in [1.807, 2.05) is 0 Å². The van der Waals surface area contributed by atoms with E-state index < -0.39 is 30.5 Å². The van der Waals surface area contributed by atoms with Crippen molar-refractivity contribution >= 4 is 17.8 Å².